The minimum atomic E-state index is 0.00795. The van der Waals surface area contributed by atoms with Crippen LogP contribution < -0.4 is 0 Å². The summed E-state index contributed by atoms with van der Waals surface area (Å²) in [4.78, 5) is 35.7. The Hall–Kier alpha value is -2.41. The van der Waals surface area contributed by atoms with Crippen molar-refractivity contribution in [2.75, 3.05) is 40.3 Å². The van der Waals surface area contributed by atoms with Crippen LogP contribution >= 0.6 is 0 Å². The lowest BCUT2D eigenvalue weighted by Crippen LogP contribution is -2.48. The Balaban J connectivity index is 1.54. The fraction of sp³-hybridized carbons (Fsp3) is 0.550. The van der Waals surface area contributed by atoms with Crippen molar-refractivity contribution >= 4 is 17.5 Å². The van der Waals surface area contributed by atoms with Gasteiger partial charge in [0.05, 0.1) is 6.54 Å². The summed E-state index contributed by atoms with van der Waals surface area (Å²) in [6, 6.07) is 6.04. The first-order valence-corrected chi connectivity index (χ1v) is 9.60. The zero-order chi connectivity index (χ0) is 19.1. The van der Waals surface area contributed by atoms with Gasteiger partial charge in [0, 0.05) is 51.7 Å². The first kappa shape index (κ1) is 18.0. The van der Waals surface area contributed by atoms with Gasteiger partial charge in [0.15, 0.2) is 0 Å². The van der Waals surface area contributed by atoms with Crippen LogP contribution in [0.2, 0.25) is 0 Å². The molecule has 0 saturated carbocycles. The van der Waals surface area contributed by atoms with Crippen molar-refractivity contribution in [2.24, 2.45) is 5.92 Å². The maximum Gasteiger partial charge on any atom is 0.274 e. The lowest BCUT2D eigenvalue weighted by atomic mass is 9.95. The van der Waals surface area contributed by atoms with Gasteiger partial charge in [-0.15, -0.1) is 0 Å². The zero-order valence-corrected chi connectivity index (χ0v) is 16.3. The molecule has 3 fully saturated rings. The number of fused-ring (bicyclic) bond motifs is 5. The standard InChI is InChI=1S/C20H27N5O2/c1-14-5-4-6-18-21-17(12-24(14)18)20(27)25-10-15-7-8-16(25)11-23(9-15)13-19(26)22(2)3/h4-6,12,15-16H,7-11,13H2,1-3H3/t15-,16+/m1/s1. The molecule has 5 heterocycles. The number of nitrogens with zero attached hydrogens (tertiary/aromatic N) is 5. The van der Waals surface area contributed by atoms with Crippen LogP contribution in [0.3, 0.4) is 0 Å². The summed E-state index contributed by atoms with van der Waals surface area (Å²) in [6.07, 6.45) is 3.96. The van der Waals surface area contributed by atoms with Gasteiger partial charge >= 0.3 is 0 Å². The van der Waals surface area contributed by atoms with Crippen LogP contribution in [0, 0.1) is 12.8 Å². The summed E-state index contributed by atoms with van der Waals surface area (Å²) in [5.41, 5.74) is 2.37. The number of pyridine rings is 1. The third-order valence-electron chi connectivity index (χ3n) is 5.82. The quantitative estimate of drug-likeness (QED) is 0.817. The lowest BCUT2D eigenvalue weighted by molar-refractivity contribution is -0.129. The van der Waals surface area contributed by atoms with Crippen molar-refractivity contribution in [2.45, 2.75) is 25.8 Å². The molecule has 0 aromatic carbocycles. The average molecular weight is 369 g/mol. The third-order valence-corrected chi connectivity index (χ3v) is 5.82. The normalized spacial score (nSPS) is 22.9. The van der Waals surface area contributed by atoms with Crippen LogP contribution in [-0.2, 0) is 4.79 Å². The molecule has 3 saturated heterocycles. The van der Waals surface area contributed by atoms with Crippen molar-refractivity contribution in [1.29, 1.82) is 0 Å². The summed E-state index contributed by atoms with van der Waals surface area (Å²) in [6.45, 7) is 4.83. The summed E-state index contributed by atoms with van der Waals surface area (Å²) in [5.74, 6) is 0.542. The number of rotatable bonds is 3. The molecule has 2 aromatic heterocycles. The largest absolute Gasteiger partial charge is 0.348 e. The Kier molecular flexibility index (Phi) is 4.63. The van der Waals surface area contributed by atoms with Crippen molar-refractivity contribution < 1.29 is 9.59 Å². The maximum absolute atomic E-state index is 13.2. The Morgan fingerprint density at radius 3 is 2.74 bits per heavy atom. The lowest BCUT2D eigenvalue weighted by Gasteiger charge is -2.35. The Labute approximate surface area is 159 Å². The second kappa shape index (κ2) is 6.96. The van der Waals surface area contributed by atoms with E-state index in [-0.39, 0.29) is 17.9 Å². The monoisotopic (exact) mass is 369 g/mol. The number of hydrogen-bond acceptors (Lipinski definition) is 4. The van der Waals surface area contributed by atoms with Gasteiger partial charge in [0.1, 0.15) is 11.3 Å². The fourth-order valence-electron chi connectivity index (χ4n) is 4.29. The predicted molar refractivity (Wildman–Crippen MR) is 103 cm³/mol. The molecular formula is C20H27N5O2. The number of amides is 2. The minimum Gasteiger partial charge on any atom is -0.348 e. The van der Waals surface area contributed by atoms with Gasteiger partial charge in [-0.25, -0.2) is 4.98 Å². The smallest absolute Gasteiger partial charge is 0.274 e. The van der Waals surface area contributed by atoms with E-state index in [0.717, 1.165) is 43.8 Å². The number of aromatic nitrogens is 2. The maximum atomic E-state index is 13.2. The van der Waals surface area contributed by atoms with E-state index in [1.807, 2.05) is 40.6 Å². The first-order chi connectivity index (χ1) is 12.9. The second-order valence-corrected chi connectivity index (χ2v) is 8.06. The predicted octanol–water partition coefficient (Wildman–Crippen LogP) is 1.27. The van der Waals surface area contributed by atoms with Crippen LogP contribution in [0.4, 0.5) is 0 Å². The Morgan fingerprint density at radius 2 is 2.00 bits per heavy atom. The van der Waals surface area contributed by atoms with Gasteiger partial charge in [-0.2, -0.15) is 0 Å². The van der Waals surface area contributed by atoms with E-state index in [0.29, 0.717) is 18.2 Å². The Bertz CT molecular complexity index is 874. The highest BCUT2D eigenvalue weighted by Gasteiger charge is 2.38. The van der Waals surface area contributed by atoms with Crippen LogP contribution in [-0.4, -0.2) is 82.2 Å². The number of imidazole rings is 1. The number of carbonyl (C=O) groups is 2. The molecule has 7 nitrogen and oxygen atoms in total. The molecule has 144 valence electrons. The van der Waals surface area contributed by atoms with Crippen molar-refractivity contribution in [3.05, 3.63) is 35.8 Å². The van der Waals surface area contributed by atoms with Gasteiger partial charge < -0.3 is 14.2 Å². The number of piperidine rings is 1. The van der Waals surface area contributed by atoms with Gasteiger partial charge in [0.25, 0.3) is 5.91 Å². The van der Waals surface area contributed by atoms with Crippen molar-refractivity contribution in [3.63, 3.8) is 0 Å². The molecule has 2 aromatic rings. The average Bonchev–Trinajstić information content (AvgIpc) is 2.89. The van der Waals surface area contributed by atoms with E-state index >= 15 is 0 Å². The summed E-state index contributed by atoms with van der Waals surface area (Å²) >= 11 is 0. The third kappa shape index (κ3) is 3.43. The van der Waals surface area contributed by atoms with Crippen LogP contribution in [0.25, 0.3) is 5.65 Å². The second-order valence-electron chi connectivity index (χ2n) is 8.06. The molecule has 0 unspecified atom stereocenters. The molecule has 3 aliphatic heterocycles. The van der Waals surface area contributed by atoms with E-state index < -0.39 is 0 Å². The van der Waals surface area contributed by atoms with Gasteiger partial charge in [-0.3, -0.25) is 14.5 Å². The highest BCUT2D eigenvalue weighted by atomic mass is 16.2. The van der Waals surface area contributed by atoms with Gasteiger partial charge in [-0.1, -0.05) is 6.07 Å². The molecule has 0 aliphatic carbocycles. The fourth-order valence-corrected chi connectivity index (χ4v) is 4.29. The summed E-state index contributed by atoms with van der Waals surface area (Å²) < 4.78 is 1.96. The SMILES string of the molecule is Cc1cccc2nc(C(=O)N3C[C@@H]4CC[C@H]3CN(CC(=O)N(C)C)C4)cn12. The summed E-state index contributed by atoms with van der Waals surface area (Å²) in [5, 5.41) is 0. The van der Waals surface area contributed by atoms with Crippen molar-refractivity contribution in [3.8, 4) is 0 Å². The molecular weight excluding hydrogens is 342 g/mol. The molecule has 0 radical (unpaired) electrons. The number of likely N-dealkylation sites (N-methyl/N-ethyl adjacent to an activating group) is 1. The molecule has 5 rings (SSSR count). The van der Waals surface area contributed by atoms with E-state index in [4.69, 9.17) is 0 Å². The minimum absolute atomic E-state index is 0.00795. The molecule has 7 heteroatoms. The van der Waals surface area contributed by atoms with Gasteiger partial charge in [-0.05, 0) is 37.8 Å². The van der Waals surface area contributed by atoms with Crippen LogP contribution in [0.1, 0.15) is 29.0 Å². The van der Waals surface area contributed by atoms with Crippen molar-refractivity contribution in [1.82, 2.24) is 24.1 Å². The van der Waals surface area contributed by atoms with E-state index in [2.05, 4.69) is 9.88 Å². The highest BCUT2D eigenvalue weighted by Crippen LogP contribution is 2.29. The van der Waals surface area contributed by atoms with Crippen LogP contribution in [0.15, 0.2) is 24.4 Å². The molecule has 27 heavy (non-hydrogen) atoms. The van der Waals surface area contributed by atoms with Gasteiger partial charge in [0.2, 0.25) is 5.91 Å². The topological polar surface area (TPSA) is 61.2 Å². The molecule has 3 aliphatic rings. The van der Waals surface area contributed by atoms with E-state index in [9.17, 15) is 9.59 Å². The number of carbonyl (C=O) groups excluding carboxylic acids is 2. The van der Waals surface area contributed by atoms with E-state index in [1.165, 1.54) is 0 Å². The first-order valence-electron chi connectivity index (χ1n) is 9.60. The Morgan fingerprint density at radius 1 is 1.19 bits per heavy atom. The molecule has 2 amide bonds. The molecule has 0 N–H and O–H groups in total. The molecule has 0 spiro atoms. The molecule has 2 bridgehead atoms. The zero-order valence-electron chi connectivity index (χ0n) is 16.3. The van der Waals surface area contributed by atoms with Crippen LogP contribution in [0.5, 0.6) is 0 Å². The molecule has 2 atom stereocenters. The summed E-state index contributed by atoms with van der Waals surface area (Å²) in [7, 11) is 3.58. The number of aryl methyl sites for hydroxylation is 1. The number of hydrogen-bond donors (Lipinski definition) is 0. The highest BCUT2D eigenvalue weighted by molar-refractivity contribution is 5.93. The van der Waals surface area contributed by atoms with E-state index in [1.54, 1.807) is 19.0 Å².